The van der Waals surface area contributed by atoms with Gasteiger partial charge in [-0.2, -0.15) is 0 Å². The van der Waals surface area contributed by atoms with Gasteiger partial charge in [0.05, 0.1) is 22.0 Å². The lowest BCUT2D eigenvalue weighted by Gasteiger charge is -2.26. The Bertz CT molecular complexity index is 1460. The number of anilines is 1. The second-order valence-corrected chi connectivity index (χ2v) is 12.5. The molecule has 1 amide bonds. The molecular weight excluding hydrogens is 625 g/mol. The van der Waals surface area contributed by atoms with Gasteiger partial charge in [0.1, 0.15) is 0 Å². The molecule has 0 saturated carbocycles. The maximum absolute atomic E-state index is 13.4. The molecule has 47 heavy (non-hydrogen) atoms. The van der Waals surface area contributed by atoms with Crippen molar-refractivity contribution in [3.05, 3.63) is 113 Å². The summed E-state index contributed by atoms with van der Waals surface area (Å²) in [5, 5.41) is 3.85. The highest BCUT2D eigenvalue weighted by Gasteiger charge is 2.32. The minimum Gasteiger partial charge on any atom is -0.385 e. The van der Waals surface area contributed by atoms with Crippen molar-refractivity contribution in [2.75, 3.05) is 45.4 Å². The van der Waals surface area contributed by atoms with E-state index in [0.29, 0.717) is 41.0 Å². The first-order chi connectivity index (χ1) is 22.6. The smallest absolute Gasteiger partial charge is 0.267 e. The van der Waals surface area contributed by atoms with E-state index in [0.717, 1.165) is 28.3 Å². The normalized spacial score (nSPS) is 14.7. The molecule has 1 heterocycles. The third-order valence-corrected chi connectivity index (χ3v) is 8.46. The first-order valence-electron chi connectivity index (χ1n) is 15.5. The molecular formula is C38H52N4O3S2. The molecule has 0 radical (unpaired) electrons. The van der Waals surface area contributed by atoms with Crippen LogP contribution in [0.1, 0.15) is 63.9 Å². The van der Waals surface area contributed by atoms with E-state index in [1.54, 1.807) is 43.0 Å². The number of methoxy groups -OCH3 is 1. The summed E-state index contributed by atoms with van der Waals surface area (Å²) in [6.07, 6.45) is 10.9. The number of nitrogens with zero attached hydrogens (tertiary/aromatic N) is 3. The van der Waals surface area contributed by atoms with Crippen molar-refractivity contribution in [3.8, 4) is 0 Å². The number of aliphatic imine (C=N–C) groups is 1. The van der Waals surface area contributed by atoms with Gasteiger partial charge in [0.2, 0.25) is 0 Å². The van der Waals surface area contributed by atoms with Gasteiger partial charge < -0.3 is 15.0 Å². The molecule has 0 atom stereocenters. The molecule has 7 nitrogen and oxygen atoms in total. The number of ether oxygens (including phenoxy) is 1. The predicted molar refractivity (Wildman–Crippen MR) is 207 cm³/mol. The number of carbonyl (C=O) groups excluding carboxylic acids is 2. The lowest BCUT2D eigenvalue weighted by molar-refractivity contribution is -0.121. The lowest BCUT2D eigenvalue weighted by Crippen LogP contribution is -2.25. The first-order valence-corrected chi connectivity index (χ1v) is 17.6. The van der Waals surface area contributed by atoms with Gasteiger partial charge in [-0.05, 0) is 89.7 Å². The molecule has 0 aliphatic carbocycles. The summed E-state index contributed by atoms with van der Waals surface area (Å²) in [5.74, 6) is -0.151. The third-order valence-electron chi connectivity index (χ3n) is 6.61. The van der Waals surface area contributed by atoms with Crippen molar-refractivity contribution in [1.29, 1.82) is 0 Å². The third kappa shape index (κ3) is 13.5. The molecule has 1 saturated heterocycles. The summed E-state index contributed by atoms with van der Waals surface area (Å²) in [7, 11) is 3.42. The number of likely N-dealkylation sites (N-methyl/N-ethyl adjacent to an activating group) is 1. The van der Waals surface area contributed by atoms with Crippen LogP contribution in [0.4, 0.5) is 11.4 Å². The zero-order valence-corrected chi connectivity index (χ0v) is 31.2. The molecule has 2 aromatic carbocycles. The maximum Gasteiger partial charge on any atom is 0.267 e. The van der Waals surface area contributed by atoms with Crippen LogP contribution in [0.2, 0.25) is 0 Å². The van der Waals surface area contributed by atoms with Gasteiger partial charge >= 0.3 is 0 Å². The number of hydrogen-bond donors (Lipinski definition) is 1. The number of rotatable bonds is 13. The molecule has 9 heteroatoms. The van der Waals surface area contributed by atoms with Gasteiger partial charge in [-0.15, -0.1) is 24.9 Å². The van der Waals surface area contributed by atoms with Gasteiger partial charge in [-0.1, -0.05) is 54.1 Å². The summed E-state index contributed by atoms with van der Waals surface area (Å²) >= 11 is 3.02. The van der Waals surface area contributed by atoms with E-state index in [4.69, 9.17) is 9.73 Å². The van der Waals surface area contributed by atoms with Crippen LogP contribution < -0.4 is 5.32 Å². The standard InChI is InChI=1S/C29H36N4O3S2.C7H12.C2H4/c1-7-30-24-15-14-23(20(2)34)18-25(24)31-29-32(4)28(35)26(38-29)19-33(16-11-17-36-5)27(21(3)37-6)22-12-9-8-10-13-22;1-4-5-6-7(2)3;1-2/h8-10,12-15,18-19,30H,7,11,16-17H2,1-6H3;4-6H,1-3H3;1-2H2/b26-19+,27-21-,31-29?;5-4-;. The molecule has 0 aromatic heterocycles. The number of ketones is 1. The van der Waals surface area contributed by atoms with Gasteiger partial charge in [-0.25, -0.2) is 4.99 Å². The van der Waals surface area contributed by atoms with Gasteiger partial charge in [-0.3, -0.25) is 14.5 Å². The summed E-state index contributed by atoms with van der Waals surface area (Å²) in [5.41, 5.74) is 5.51. The van der Waals surface area contributed by atoms with E-state index in [1.165, 1.54) is 24.3 Å². The highest BCUT2D eigenvalue weighted by atomic mass is 32.2. The average Bonchev–Trinajstić information content (AvgIpc) is 3.33. The van der Waals surface area contributed by atoms with Crippen molar-refractivity contribution in [2.24, 2.45) is 4.99 Å². The molecule has 1 fully saturated rings. The number of nitrogens with one attached hydrogen (secondary N) is 1. The highest BCUT2D eigenvalue weighted by molar-refractivity contribution is 8.18. The lowest BCUT2D eigenvalue weighted by atomic mass is 10.1. The van der Waals surface area contributed by atoms with Crippen molar-refractivity contribution >= 4 is 57.5 Å². The van der Waals surface area contributed by atoms with Gasteiger partial charge in [0.25, 0.3) is 5.91 Å². The topological polar surface area (TPSA) is 74.2 Å². The van der Waals surface area contributed by atoms with Crippen LogP contribution in [-0.4, -0.2) is 66.8 Å². The van der Waals surface area contributed by atoms with Crippen LogP contribution in [-0.2, 0) is 9.53 Å². The number of amidine groups is 1. The second kappa shape index (κ2) is 22.7. The molecule has 1 aliphatic heterocycles. The molecule has 0 unspecified atom stereocenters. The highest BCUT2D eigenvalue weighted by Crippen LogP contribution is 2.37. The van der Waals surface area contributed by atoms with Gasteiger partial charge in [0.15, 0.2) is 11.0 Å². The number of Topliss-reactive ketones (excluding diaryl/α,β-unsaturated/α-hetero) is 1. The Hall–Kier alpha value is -3.79. The van der Waals surface area contributed by atoms with E-state index in [-0.39, 0.29) is 11.7 Å². The Morgan fingerprint density at radius 3 is 2.32 bits per heavy atom. The second-order valence-electron chi connectivity index (χ2n) is 10.5. The molecule has 3 rings (SSSR count). The fraction of sp³-hybridized carbons (Fsp3) is 0.342. The van der Waals surface area contributed by atoms with E-state index >= 15 is 0 Å². The largest absolute Gasteiger partial charge is 0.385 e. The molecule has 1 N–H and O–H groups in total. The zero-order valence-electron chi connectivity index (χ0n) is 29.6. The Balaban J connectivity index is 0.00000108. The fourth-order valence-electron chi connectivity index (χ4n) is 4.24. The summed E-state index contributed by atoms with van der Waals surface area (Å²) in [6.45, 7) is 19.8. The minimum absolute atomic E-state index is 0.0327. The zero-order chi connectivity index (χ0) is 35.4. The van der Waals surface area contributed by atoms with Crippen molar-refractivity contribution < 1.29 is 14.3 Å². The molecule has 2 aromatic rings. The number of carbonyl (C=O) groups is 2. The van der Waals surface area contributed by atoms with Crippen molar-refractivity contribution in [2.45, 2.75) is 48.0 Å². The SMILES string of the molecule is C/C=C\C=C(C)C.C=C.CCNc1ccc(C(C)=O)cc1N=C1S/C(=C/N(CCCOC)/C(=C(/C)SC)c2ccccc2)C(=O)N1C. The van der Waals surface area contributed by atoms with Crippen molar-refractivity contribution in [3.63, 3.8) is 0 Å². The fourth-order valence-corrected chi connectivity index (χ4v) is 5.64. The van der Waals surface area contributed by atoms with Crippen LogP contribution in [0, 0.1) is 0 Å². The number of benzene rings is 2. The number of amides is 1. The average molecular weight is 677 g/mol. The summed E-state index contributed by atoms with van der Waals surface area (Å²) in [4.78, 5) is 35.6. The Morgan fingerprint density at radius 2 is 1.79 bits per heavy atom. The Labute approximate surface area is 291 Å². The minimum atomic E-state index is -0.118. The monoisotopic (exact) mass is 676 g/mol. The maximum atomic E-state index is 13.4. The molecule has 254 valence electrons. The van der Waals surface area contributed by atoms with Crippen LogP contribution >= 0.6 is 23.5 Å². The molecule has 0 spiro atoms. The first kappa shape index (κ1) is 41.2. The van der Waals surface area contributed by atoms with Crippen molar-refractivity contribution in [1.82, 2.24) is 9.80 Å². The molecule has 1 aliphatic rings. The Morgan fingerprint density at radius 1 is 1.11 bits per heavy atom. The van der Waals surface area contributed by atoms with E-state index in [1.807, 2.05) is 56.5 Å². The summed E-state index contributed by atoms with van der Waals surface area (Å²) < 4.78 is 5.32. The quantitative estimate of drug-likeness (QED) is 0.0744. The van der Waals surface area contributed by atoms with Gasteiger partial charge in [0, 0.05) is 50.5 Å². The molecule has 0 bridgehead atoms. The predicted octanol–water partition coefficient (Wildman–Crippen LogP) is 9.78. The van der Waals surface area contributed by atoms with Crippen LogP contribution in [0.15, 0.2) is 106 Å². The van der Waals surface area contributed by atoms with Crippen LogP contribution in [0.3, 0.4) is 0 Å². The summed E-state index contributed by atoms with van der Waals surface area (Å²) in [6, 6.07) is 15.6. The van der Waals surface area contributed by atoms with E-state index in [9.17, 15) is 9.59 Å². The number of hydrogen-bond acceptors (Lipinski definition) is 8. The number of thioether (sulfide) groups is 2. The number of allylic oxidation sites excluding steroid dienone is 5. The van der Waals surface area contributed by atoms with Crippen LogP contribution in [0.5, 0.6) is 0 Å². The Kier molecular flexibility index (Phi) is 19.9. The van der Waals surface area contributed by atoms with E-state index in [2.05, 4.69) is 68.6 Å². The van der Waals surface area contributed by atoms with E-state index < -0.39 is 0 Å². The van der Waals surface area contributed by atoms with Crippen LogP contribution in [0.25, 0.3) is 5.70 Å².